The molecule has 0 fully saturated rings. The van der Waals surface area contributed by atoms with E-state index in [4.69, 9.17) is 16.9 Å². The summed E-state index contributed by atoms with van der Waals surface area (Å²) in [5.74, 6) is -0.813. The van der Waals surface area contributed by atoms with Crippen molar-refractivity contribution in [2.45, 2.75) is 0 Å². The van der Waals surface area contributed by atoms with Crippen LogP contribution in [-0.2, 0) is 4.89 Å². The molecule has 0 amide bonds. The van der Waals surface area contributed by atoms with E-state index in [1.807, 2.05) is 0 Å². The Morgan fingerprint density at radius 3 is 2.75 bits per heavy atom. The van der Waals surface area contributed by atoms with Crippen molar-refractivity contribution in [1.29, 1.82) is 0 Å². The van der Waals surface area contributed by atoms with Crippen LogP contribution in [0.3, 0.4) is 0 Å². The van der Waals surface area contributed by atoms with Crippen LogP contribution in [-0.4, -0.2) is 34.3 Å². The van der Waals surface area contributed by atoms with Crippen LogP contribution < -0.4 is 0 Å². The van der Waals surface area contributed by atoms with Crippen molar-refractivity contribution in [2.75, 3.05) is 0 Å². The maximum absolute atomic E-state index is 10.6. The van der Waals surface area contributed by atoms with Crippen LogP contribution in [0.25, 0.3) is 0 Å². The third kappa shape index (κ3) is 2.98. The second-order valence-electron chi connectivity index (χ2n) is 1.89. The topological polar surface area (TPSA) is 46.5 Å². The van der Waals surface area contributed by atoms with Gasteiger partial charge in [0.2, 0.25) is 0 Å². The molecule has 0 radical (unpaired) electrons. The van der Waals surface area contributed by atoms with Crippen molar-refractivity contribution in [3.05, 3.63) is 34.9 Å². The minimum atomic E-state index is -0.813. The van der Waals surface area contributed by atoms with Gasteiger partial charge in [-0.2, -0.15) is 5.26 Å². The van der Waals surface area contributed by atoms with Gasteiger partial charge in [-0.05, 0) is 18.2 Å². The van der Waals surface area contributed by atoms with Gasteiger partial charge in [0.15, 0.2) is 0 Å². The zero-order valence-electron chi connectivity index (χ0n) is 8.16. The maximum atomic E-state index is 10.6. The summed E-state index contributed by atoms with van der Waals surface area (Å²) in [7, 11) is 0. The van der Waals surface area contributed by atoms with Crippen LogP contribution in [0.1, 0.15) is 13.2 Å². The number of benzene rings is 1. The van der Waals surface area contributed by atoms with Crippen LogP contribution in [0.2, 0.25) is 5.02 Å². The van der Waals surface area contributed by atoms with Crippen molar-refractivity contribution >= 4 is 40.6 Å². The van der Waals surface area contributed by atoms with Crippen LogP contribution in [0.4, 0.5) is 0 Å². The molecule has 1 rings (SSSR count). The van der Waals surface area contributed by atoms with Crippen LogP contribution in [0, 0.1) is 0 Å². The average Bonchev–Trinajstić information content (AvgIpc) is 2.03. The third-order valence-corrected chi connectivity index (χ3v) is 1.38. The third-order valence-electron chi connectivity index (χ3n) is 1.14. The van der Waals surface area contributed by atoms with Crippen LogP contribution in [0.15, 0.2) is 24.3 Å². The zero-order chi connectivity index (χ0) is 8.27. The molecule has 0 spiro atoms. The number of halogens is 1. The van der Waals surface area contributed by atoms with Crippen LogP contribution in [0.5, 0.6) is 0 Å². The molecule has 0 aromatic heterocycles. The molecule has 1 aromatic rings. The summed E-state index contributed by atoms with van der Waals surface area (Å²) in [6.07, 6.45) is 0. The summed E-state index contributed by atoms with van der Waals surface area (Å²) in [6, 6.07) is 6.11. The van der Waals surface area contributed by atoms with Gasteiger partial charge in [-0.3, -0.25) is 4.89 Å². The Balaban J connectivity index is -0.000000403. The molecule has 1 N–H and O–H groups in total. The summed E-state index contributed by atoms with van der Waals surface area (Å²) in [5.41, 5.74) is 0.222. The Morgan fingerprint density at radius 2 is 2.25 bits per heavy atom. The number of carbonyl (C=O) groups excluding carboxylic acids is 1. The molecule has 12 heavy (non-hydrogen) atoms. The van der Waals surface area contributed by atoms with Crippen molar-refractivity contribution in [3.8, 4) is 0 Å². The van der Waals surface area contributed by atoms with Gasteiger partial charge in [0, 0.05) is 5.02 Å². The fourth-order valence-electron chi connectivity index (χ4n) is 0.668. The number of hydrogen-bond acceptors (Lipinski definition) is 3. The summed E-state index contributed by atoms with van der Waals surface area (Å²) in [4.78, 5) is 14.1. The molecule has 0 saturated carbocycles. The van der Waals surface area contributed by atoms with Crippen molar-refractivity contribution < 1.29 is 17.8 Å². The Hall–Kier alpha value is -0.294. The minimum Gasteiger partial charge on any atom is -1.00 e. The van der Waals surface area contributed by atoms with Gasteiger partial charge in [-0.15, -0.1) is 0 Å². The Bertz CT molecular complexity index is 285. The van der Waals surface area contributed by atoms with Gasteiger partial charge < -0.3 is 2.85 Å². The molecule has 0 saturated heterocycles. The predicted molar refractivity (Wildman–Crippen MR) is 47.5 cm³/mol. The second-order valence-corrected chi connectivity index (χ2v) is 2.33. The van der Waals surface area contributed by atoms with E-state index in [1.54, 1.807) is 12.1 Å². The number of carbonyl (C=O) groups is 1. The number of hydrogen-bond donors (Lipinski definition) is 1. The normalized spacial score (nSPS) is 8.50. The minimum absolute atomic E-state index is 0. The number of rotatable bonds is 1. The largest absolute Gasteiger partial charge is 2.00 e. The molecule has 62 valence electrons. The summed E-state index contributed by atoms with van der Waals surface area (Å²) in [5, 5.41) is 8.41. The van der Waals surface area contributed by atoms with Crippen LogP contribution >= 0.6 is 11.6 Å². The molecular formula is C7H7ClMgO3. The molecule has 1 aromatic carbocycles. The first-order valence-electron chi connectivity index (χ1n) is 2.85. The van der Waals surface area contributed by atoms with Crippen molar-refractivity contribution in [2.24, 2.45) is 0 Å². The Labute approximate surface area is 93.3 Å². The molecule has 0 unspecified atom stereocenters. The summed E-state index contributed by atoms with van der Waals surface area (Å²) in [6.45, 7) is 0. The zero-order valence-corrected chi connectivity index (χ0v) is 8.33. The SMILES string of the molecule is O=C(OO)c1cccc(Cl)c1.[H-].[H-].[Mg+2]. The monoisotopic (exact) mass is 198 g/mol. The first-order chi connectivity index (χ1) is 5.24. The van der Waals surface area contributed by atoms with E-state index >= 15 is 0 Å². The predicted octanol–water partition coefficient (Wildman–Crippen LogP) is 1.81. The quantitative estimate of drug-likeness (QED) is 0.426. The van der Waals surface area contributed by atoms with E-state index in [-0.39, 0.29) is 31.5 Å². The molecule has 3 nitrogen and oxygen atoms in total. The standard InChI is InChI=1S/C7H5ClO3.Mg.2H/c8-6-3-1-2-5(4-6)7(9)11-10;;;/h1-4,10H;;;/q;+2;2*-1. The van der Waals surface area contributed by atoms with E-state index in [9.17, 15) is 4.79 Å². The van der Waals surface area contributed by atoms with Gasteiger partial charge in [0.1, 0.15) is 0 Å². The second kappa shape index (κ2) is 5.37. The first-order valence-corrected chi connectivity index (χ1v) is 3.23. The van der Waals surface area contributed by atoms with Crippen molar-refractivity contribution in [1.82, 2.24) is 0 Å². The molecular weight excluding hydrogens is 192 g/mol. The molecule has 0 aliphatic rings. The molecule has 0 aliphatic heterocycles. The Morgan fingerprint density at radius 1 is 1.58 bits per heavy atom. The average molecular weight is 199 g/mol. The molecule has 0 heterocycles. The fraction of sp³-hybridized carbons (Fsp3) is 0. The van der Waals surface area contributed by atoms with Gasteiger partial charge in [-0.1, -0.05) is 17.7 Å². The van der Waals surface area contributed by atoms with E-state index in [1.165, 1.54) is 12.1 Å². The van der Waals surface area contributed by atoms with Gasteiger partial charge in [0.05, 0.1) is 5.56 Å². The summed E-state index contributed by atoms with van der Waals surface area (Å²) >= 11 is 5.56. The molecule has 5 heteroatoms. The molecule has 0 atom stereocenters. The van der Waals surface area contributed by atoms with Crippen molar-refractivity contribution in [3.63, 3.8) is 0 Å². The Kier molecular flexibility index (Phi) is 5.24. The van der Waals surface area contributed by atoms with Gasteiger partial charge in [-0.25, -0.2) is 4.79 Å². The molecule has 0 aliphatic carbocycles. The van der Waals surface area contributed by atoms with E-state index in [0.29, 0.717) is 5.02 Å². The smallest absolute Gasteiger partial charge is 1.00 e. The summed E-state index contributed by atoms with van der Waals surface area (Å²) < 4.78 is 0. The molecule has 0 bridgehead atoms. The maximum Gasteiger partial charge on any atom is 2.00 e. The fourth-order valence-corrected chi connectivity index (χ4v) is 0.858. The van der Waals surface area contributed by atoms with E-state index in [0.717, 1.165) is 0 Å². The van der Waals surface area contributed by atoms with E-state index in [2.05, 4.69) is 4.89 Å². The first kappa shape index (κ1) is 11.7. The van der Waals surface area contributed by atoms with Gasteiger partial charge >= 0.3 is 29.0 Å². The van der Waals surface area contributed by atoms with E-state index < -0.39 is 5.97 Å². The van der Waals surface area contributed by atoms with Gasteiger partial charge in [0.25, 0.3) is 0 Å².